The molecule has 0 unspecified atom stereocenters. The molecular formula is C28H39N3O4. The first-order chi connectivity index (χ1) is 16.6. The summed E-state index contributed by atoms with van der Waals surface area (Å²) in [5, 5.41) is 23.0. The largest absolute Gasteiger partial charge is 0.490 e. The van der Waals surface area contributed by atoms with Crippen LogP contribution in [0.2, 0.25) is 0 Å². The lowest BCUT2D eigenvalue weighted by Gasteiger charge is -2.43. The highest BCUT2D eigenvalue weighted by Crippen LogP contribution is 2.30. The molecule has 7 heteroatoms. The average molecular weight is 482 g/mol. The fourth-order valence-electron chi connectivity index (χ4n) is 5.25. The van der Waals surface area contributed by atoms with Crippen molar-refractivity contribution in [3.8, 4) is 5.75 Å². The van der Waals surface area contributed by atoms with Crippen molar-refractivity contribution >= 4 is 11.6 Å². The Morgan fingerprint density at radius 1 is 0.914 bits per heavy atom. The zero-order chi connectivity index (χ0) is 25.1. The van der Waals surface area contributed by atoms with Gasteiger partial charge in [0.25, 0.3) is 0 Å². The molecule has 0 bridgehead atoms. The molecule has 2 saturated heterocycles. The van der Waals surface area contributed by atoms with Gasteiger partial charge in [0, 0.05) is 51.9 Å². The highest BCUT2D eigenvalue weighted by atomic mass is 16.5. The molecule has 4 rings (SSSR count). The summed E-state index contributed by atoms with van der Waals surface area (Å²) in [6.45, 7) is 9.47. The van der Waals surface area contributed by atoms with Crippen LogP contribution in [0.25, 0.3) is 0 Å². The van der Waals surface area contributed by atoms with Crippen molar-refractivity contribution in [3.63, 3.8) is 0 Å². The summed E-state index contributed by atoms with van der Waals surface area (Å²) in [7, 11) is 0. The maximum Gasteiger partial charge on any atom is 0.219 e. The van der Waals surface area contributed by atoms with Crippen LogP contribution >= 0.6 is 0 Å². The van der Waals surface area contributed by atoms with Gasteiger partial charge in [-0.3, -0.25) is 9.69 Å². The molecule has 1 atom stereocenters. The summed E-state index contributed by atoms with van der Waals surface area (Å²) in [4.78, 5) is 18.3. The van der Waals surface area contributed by atoms with Crippen LogP contribution in [-0.2, 0) is 4.79 Å². The lowest BCUT2D eigenvalue weighted by Crippen LogP contribution is -2.55. The Labute approximate surface area is 208 Å². The number of anilines is 1. The Bertz CT molecular complexity index is 1000. The molecular weight excluding hydrogens is 442 g/mol. The lowest BCUT2D eigenvalue weighted by atomic mass is 9.89. The molecule has 1 amide bonds. The van der Waals surface area contributed by atoms with Crippen molar-refractivity contribution in [2.45, 2.75) is 44.8 Å². The fourth-order valence-corrected chi connectivity index (χ4v) is 5.25. The molecule has 2 aromatic carbocycles. The minimum absolute atomic E-state index is 0.0640. The number of hydrogen-bond donors (Lipinski definition) is 2. The summed E-state index contributed by atoms with van der Waals surface area (Å²) in [5.74, 6) is 0.627. The number of amides is 1. The topological polar surface area (TPSA) is 76.5 Å². The Morgan fingerprint density at radius 3 is 2.26 bits per heavy atom. The van der Waals surface area contributed by atoms with Gasteiger partial charge in [-0.2, -0.15) is 0 Å². The number of nitrogens with zero attached hydrogens (tertiary/aromatic N) is 3. The molecule has 0 aromatic heterocycles. The molecule has 7 nitrogen and oxygen atoms in total. The number of piperidine rings is 1. The van der Waals surface area contributed by atoms with Crippen LogP contribution in [0.3, 0.4) is 0 Å². The SMILES string of the molecule is CC(=O)N1CCN(CC2(O)CCN(c3ccccc3C)CC2)C[C@@](O)(COc2ccc(C)cc2)C1. The number of benzene rings is 2. The van der Waals surface area contributed by atoms with Gasteiger partial charge in [0.15, 0.2) is 0 Å². The monoisotopic (exact) mass is 481 g/mol. The third kappa shape index (κ3) is 6.54. The molecule has 0 radical (unpaired) electrons. The molecule has 2 N–H and O–H groups in total. The number of carbonyl (C=O) groups is 1. The van der Waals surface area contributed by atoms with E-state index in [1.807, 2.05) is 37.3 Å². The standard InChI is InChI=1S/C28H39N3O4/c1-22-8-10-25(11-9-22)35-21-28(34)19-29(16-17-31(20-28)24(3)32)18-27(33)12-14-30(15-13-27)26-7-5-4-6-23(26)2/h4-11,33-34H,12-21H2,1-3H3/t28-/m0/s1. The number of hydrogen-bond acceptors (Lipinski definition) is 6. The number of β-amino-alcohol motifs (C(OH)–C–C–N with tert-alkyl or cyclic N) is 2. The van der Waals surface area contributed by atoms with E-state index >= 15 is 0 Å². The molecule has 2 fully saturated rings. The van der Waals surface area contributed by atoms with Gasteiger partial charge in [-0.05, 0) is 50.5 Å². The highest BCUT2D eigenvalue weighted by molar-refractivity contribution is 5.73. The first-order valence-corrected chi connectivity index (χ1v) is 12.6. The van der Waals surface area contributed by atoms with Crippen molar-refractivity contribution in [3.05, 3.63) is 59.7 Å². The summed E-state index contributed by atoms with van der Waals surface area (Å²) in [6.07, 6.45) is 1.32. The van der Waals surface area contributed by atoms with Crippen LogP contribution in [-0.4, -0.2) is 89.5 Å². The van der Waals surface area contributed by atoms with E-state index in [9.17, 15) is 15.0 Å². The Hall–Kier alpha value is -2.61. The maximum absolute atomic E-state index is 12.2. The van der Waals surface area contributed by atoms with Crippen LogP contribution < -0.4 is 9.64 Å². The van der Waals surface area contributed by atoms with E-state index in [4.69, 9.17) is 4.74 Å². The van der Waals surface area contributed by atoms with Gasteiger partial charge in [-0.25, -0.2) is 0 Å². The van der Waals surface area contributed by atoms with Crippen molar-refractivity contribution in [2.24, 2.45) is 0 Å². The van der Waals surface area contributed by atoms with Crippen LogP contribution in [0.5, 0.6) is 5.75 Å². The highest BCUT2D eigenvalue weighted by Gasteiger charge is 2.41. The van der Waals surface area contributed by atoms with Crippen LogP contribution in [0, 0.1) is 13.8 Å². The third-order valence-corrected chi connectivity index (χ3v) is 7.33. The van der Waals surface area contributed by atoms with Gasteiger partial charge in [0.2, 0.25) is 5.91 Å². The van der Waals surface area contributed by atoms with Gasteiger partial charge in [-0.15, -0.1) is 0 Å². The number of aryl methyl sites for hydroxylation is 2. The molecule has 2 aliphatic heterocycles. The molecule has 2 aliphatic rings. The lowest BCUT2D eigenvalue weighted by molar-refractivity contribution is -0.132. The normalized spacial score (nSPS) is 23.1. The number of rotatable bonds is 6. The zero-order valence-electron chi connectivity index (χ0n) is 21.2. The smallest absolute Gasteiger partial charge is 0.219 e. The second-order valence-corrected chi connectivity index (χ2v) is 10.5. The van der Waals surface area contributed by atoms with E-state index in [1.165, 1.54) is 18.2 Å². The number of para-hydroxylation sites is 1. The summed E-state index contributed by atoms with van der Waals surface area (Å²) in [5.41, 5.74) is 1.55. The molecule has 35 heavy (non-hydrogen) atoms. The van der Waals surface area contributed by atoms with Crippen molar-refractivity contribution in [1.29, 1.82) is 0 Å². The second kappa shape index (κ2) is 10.6. The quantitative estimate of drug-likeness (QED) is 0.661. The second-order valence-electron chi connectivity index (χ2n) is 10.5. The molecule has 0 saturated carbocycles. The first kappa shape index (κ1) is 25.5. The Kier molecular flexibility index (Phi) is 7.69. The van der Waals surface area contributed by atoms with Gasteiger partial charge in [-0.1, -0.05) is 35.9 Å². The molecule has 0 aliphatic carbocycles. The van der Waals surface area contributed by atoms with Gasteiger partial charge in [0.1, 0.15) is 18.0 Å². The van der Waals surface area contributed by atoms with E-state index in [-0.39, 0.29) is 19.1 Å². The third-order valence-electron chi connectivity index (χ3n) is 7.33. The van der Waals surface area contributed by atoms with Gasteiger partial charge in [0.05, 0.1) is 12.1 Å². The molecule has 2 heterocycles. The van der Waals surface area contributed by atoms with E-state index in [1.54, 1.807) is 4.90 Å². The predicted octanol–water partition coefficient (Wildman–Crippen LogP) is 2.61. The van der Waals surface area contributed by atoms with Gasteiger partial charge < -0.3 is 24.7 Å². The fraction of sp³-hybridized carbons (Fsp3) is 0.536. The van der Waals surface area contributed by atoms with E-state index < -0.39 is 11.2 Å². The Balaban J connectivity index is 1.41. The number of aliphatic hydroxyl groups is 2. The zero-order valence-corrected chi connectivity index (χ0v) is 21.2. The van der Waals surface area contributed by atoms with E-state index in [0.717, 1.165) is 18.7 Å². The van der Waals surface area contributed by atoms with Crippen molar-refractivity contribution < 1.29 is 19.7 Å². The van der Waals surface area contributed by atoms with Crippen molar-refractivity contribution in [1.82, 2.24) is 9.80 Å². The minimum atomic E-state index is -1.23. The average Bonchev–Trinajstić information content (AvgIpc) is 2.98. The molecule has 190 valence electrons. The summed E-state index contributed by atoms with van der Waals surface area (Å²) < 4.78 is 5.94. The van der Waals surface area contributed by atoms with Crippen LogP contribution in [0.15, 0.2) is 48.5 Å². The molecule has 2 aromatic rings. The Morgan fingerprint density at radius 2 is 1.60 bits per heavy atom. The summed E-state index contributed by atoms with van der Waals surface area (Å²) >= 11 is 0. The minimum Gasteiger partial charge on any atom is -0.490 e. The maximum atomic E-state index is 12.2. The summed E-state index contributed by atoms with van der Waals surface area (Å²) in [6, 6.07) is 16.1. The van der Waals surface area contributed by atoms with E-state index in [2.05, 4.69) is 34.9 Å². The molecule has 0 spiro atoms. The first-order valence-electron chi connectivity index (χ1n) is 12.6. The van der Waals surface area contributed by atoms with Gasteiger partial charge >= 0.3 is 0 Å². The van der Waals surface area contributed by atoms with Crippen LogP contribution in [0.4, 0.5) is 5.69 Å². The van der Waals surface area contributed by atoms with Crippen LogP contribution in [0.1, 0.15) is 30.9 Å². The number of carbonyl (C=O) groups excluding carboxylic acids is 1. The van der Waals surface area contributed by atoms with Crippen molar-refractivity contribution in [2.75, 3.05) is 57.3 Å². The predicted molar refractivity (Wildman–Crippen MR) is 138 cm³/mol. The van der Waals surface area contributed by atoms with E-state index in [0.29, 0.717) is 44.8 Å². The number of ether oxygens (including phenoxy) is 1.